The van der Waals surface area contributed by atoms with Crippen LogP contribution in [0.15, 0.2) is 28.7 Å². The van der Waals surface area contributed by atoms with Gasteiger partial charge in [-0.1, -0.05) is 5.16 Å². The Labute approximate surface area is 106 Å². The Morgan fingerprint density at radius 1 is 1.56 bits per heavy atom. The highest BCUT2D eigenvalue weighted by Gasteiger charge is 2.20. The molecule has 1 N–H and O–H groups in total. The van der Waals surface area contributed by atoms with E-state index in [1.54, 1.807) is 18.4 Å². The van der Waals surface area contributed by atoms with Crippen LogP contribution in [-0.4, -0.2) is 23.5 Å². The number of rotatable bonds is 3. The molecule has 2 rings (SSSR count). The van der Waals surface area contributed by atoms with Crippen LogP contribution >= 0.6 is 11.3 Å². The zero-order chi connectivity index (χ0) is 13.1. The predicted octanol–water partition coefficient (Wildman–Crippen LogP) is 2.78. The van der Waals surface area contributed by atoms with Crippen LogP contribution in [0, 0.1) is 5.82 Å². The molecule has 1 aromatic carbocycles. The summed E-state index contributed by atoms with van der Waals surface area (Å²) in [5.41, 5.74) is 0.157. The molecule has 0 atom stereocenters. The maximum atomic E-state index is 13.2. The summed E-state index contributed by atoms with van der Waals surface area (Å²) < 4.78 is 18.8. The fourth-order valence-electron chi connectivity index (χ4n) is 1.59. The number of hydrogen-bond donors (Lipinski definition) is 1. The van der Waals surface area contributed by atoms with Gasteiger partial charge in [-0.3, -0.25) is 0 Å². The summed E-state index contributed by atoms with van der Waals surface area (Å²) in [6.45, 7) is 1.83. The molecule has 0 aliphatic heterocycles. The maximum Gasteiger partial charge on any atom is 0.361 e. The summed E-state index contributed by atoms with van der Waals surface area (Å²) in [5, 5.41) is 14.0. The number of carbonyl (C=O) groups is 1. The fraction of sp³-hybridized carbons (Fsp3) is 0.167. The molecule has 0 unspecified atom stereocenters. The Balaban J connectivity index is 2.52. The molecule has 0 spiro atoms. The smallest absolute Gasteiger partial charge is 0.361 e. The van der Waals surface area contributed by atoms with Crippen LogP contribution in [0.1, 0.15) is 12.5 Å². The third-order valence-corrected chi connectivity index (χ3v) is 3.32. The Morgan fingerprint density at radius 3 is 3.00 bits per heavy atom. The molecule has 0 amide bonds. The van der Waals surface area contributed by atoms with E-state index in [4.69, 9.17) is 9.94 Å². The Morgan fingerprint density at radius 2 is 2.33 bits per heavy atom. The van der Waals surface area contributed by atoms with Gasteiger partial charge in [0.1, 0.15) is 5.82 Å². The van der Waals surface area contributed by atoms with Gasteiger partial charge in [0.25, 0.3) is 0 Å². The zero-order valence-electron chi connectivity index (χ0n) is 9.51. The molecular formula is C12H10FNO3S. The van der Waals surface area contributed by atoms with Crippen molar-refractivity contribution < 1.29 is 19.1 Å². The second-order valence-electron chi connectivity index (χ2n) is 3.46. The molecule has 18 heavy (non-hydrogen) atoms. The van der Waals surface area contributed by atoms with Gasteiger partial charge in [-0.05, 0) is 25.1 Å². The molecule has 0 fully saturated rings. The van der Waals surface area contributed by atoms with Crippen molar-refractivity contribution in [3.05, 3.63) is 35.0 Å². The van der Waals surface area contributed by atoms with Gasteiger partial charge in [0, 0.05) is 21.0 Å². The number of oxime groups is 1. The maximum absolute atomic E-state index is 13.2. The molecule has 2 aromatic rings. The van der Waals surface area contributed by atoms with Gasteiger partial charge in [-0.2, -0.15) is 0 Å². The summed E-state index contributed by atoms with van der Waals surface area (Å²) in [6.07, 6.45) is 0. The summed E-state index contributed by atoms with van der Waals surface area (Å²) in [4.78, 5) is 11.6. The normalized spacial score (nSPS) is 11.8. The van der Waals surface area contributed by atoms with Crippen molar-refractivity contribution in [2.75, 3.05) is 6.61 Å². The van der Waals surface area contributed by atoms with Gasteiger partial charge >= 0.3 is 5.97 Å². The number of benzene rings is 1. The van der Waals surface area contributed by atoms with Crippen LogP contribution in [0.4, 0.5) is 4.39 Å². The lowest BCUT2D eigenvalue weighted by molar-refractivity contribution is -0.135. The fourth-order valence-corrected chi connectivity index (χ4v) is 2.51. The standard InChI is InChI=1S/C12H10FNO3S/c1-2-17-12(15)11(14-16)9-6-18-10-4-3-7(13)5-8(9)10/h3-6,16H,2H2,1H3. The van der Waals surface area contributed by atoms with Crippen molar-refractivity contribution in [1.29, 1.82) is 0 Å². The number of hydrogen-bond acceptors (Lipinski definition) is 5. The van der Waals surface area contributed by atoms with Gasteiger partial charge in [0.05, 0.1) is 6.61 Å². The van der Waals surface area contributed by atoms with E-state index in [9.17, 15) is 9.18 Å². The first-order valence-corrected chi connectivity index (χ1v) is 6.11. The number of thiophene rings is 1. The minimum Gasteiger partial charge on any atom is -0.461 e. The van der Waals surface area contributed by atoms with Crippen LogP contribution in [-0.2, 0) is 9.53 Å². The summed E-state index contributed by atoms with van der Waals surface area (Å²) in [5.74, 6) is -1.15. The van der Waals surface area contributed by atoms with E-state index in [2.05, 4.69) is 5.16 Å². The number of carbonyl (C=O) groups excluding carboxylic acids is 1. The Kier molecular flexibility index (Phi) is 3.57. The predicted molar refractivity (Wildman–Crippen MR) is 66.7 cm³/mol. The number of esters is 1. The van der Waals surface area contributed by atoms with E-state index in [0.717, 1.165) is 4.70 Å². The highest BCUT2D eigenvalue weighted by Crippen LogP contribution is 2.27. The van der Waals surface area contributed by atoms with E-state index in [1.165, 1.54) is 23.5 Å². The van der Waals surface area contributed by atoms with Gasteiger partial charge in [0.2, 0.25) is 0 Å². The van der Waals surface area contributed by atoms with Crippen molar-refractivity contribution in [3.63, 3.8) is 0 Å². The first kappa shape index (κ1) is 12.5. The number of nitrogens with zero attached hydrogens (tertiary/aromatic N) is 1. The van der Waals surface area contributed by atoms with E-state index in [0.29, 0.717) is 10.9 Å². The highest BCUT2D eigenvalue weighted by atomic mass is 32.1. The lowest BCUT2D eigenvalue weighted by atomic mass is 10.1. The molecule has 0 aliphatic carbocycles. The van der Waals surface area contributed by atoms with Crippen LogP contribution in [0.2, 0.25) is 0 Å². The van der Waals surface area contributed by atoms with E-state index in [-0.39, 0.29) is 12.3 Å². The van der Waals surface area contributed by atoms with Gasteiger partial charge < -0.3 is 9.94 Å². The first-order chi connectivity index (χ1) is 8.67. The van der Waals surface area contributed by atoms with Crippen molar-refractivity contribution in [3.8, 4) is 0 Å². The molecule has 0 aliphatic rings. The molecule has 1 aromatic heterocycles. The molecule has 4 nitrogen and oxygen atoms in total. The average molecular weight is 267 g/mol. The SMILES string of the molecule is CCOC(=O)C(=NO)c1csc2ccc(F)cc12. The molecule has 0 saturated carbocycles. The first-order valence-electron chi connectivity index (χ1n) is 5.23. The minimum atomic E-state index is -0.732. The molecule has 0 bridgehead atoms. The van der Waals surface area contributed by atoms with E-state index >= 15 is 0 Å². The number of halogens is 1. The zero-order valence-corrected chi connectivity index (χ0v) is 10.3. The van der Waals surface area contributed by atoms with Crippen molar-refractivity contribution in [2.24, 2.45) is 5.16 Å². The Bertz CT molecular complexity index is 621. The van der Waals surface area contributed by atoms with Crippen molar-refractivity contribution >= 4 is 33.1 Å². The van der Waals surface area contributed by atoms with Gasteiger partial charge in [-0.15, -0.1) is 11.3 Å². The van der Waals surface area contributed by atoms with Crippen molar-refractivity contribution in [1.82, 2.24) is 0 Å². The van der Waals surface area contributed by atoms with Crippen LogP contribution < -0.4 is 0 Å². The lowest BCUT2D eigenvalue weighted by Gasteiger charge is -2.03. The number of ether oxygens (including phenoxy) is 1. The lowest BCUT2D eigenvalue weighted by Crippen LogP contribution is -2.18. The van der Waals surface area contributed by atoms with Gasteiger partial charge in [0.15, 0.2) is 5.71 Å². The molecule has 1 heterocycles. The largest absolute Gasteiger partial charge is 0.461 e. The van der Waals surface area contributed by atoms with Gasteiger partial charge in [-0.25, -0.2) is 9.18 Å². The average Bonchev–Trinajstić information content (AvgIpc) is 2.74. The van der Waals surface area contributed by atoms with Crippen LogP contribution in [0.25, 0.3) is 10.1 Å². The van der Waals surface area contributed by atoms with E-state index in [1.807, 2.05) is 0 Å². The highest BCUT2D eigenvalue weighted by molar-refractivity contribution is 7.17. The van der Waals surface area contributed by atoms with E-state index < -0.39 is 11.8 Å². The molecule has 6 heteroatoms. The third kappa shape index (κ3) is 2.19. The second kappa shape index (κ2) is 5.14. The quantitative estimate of drug-likeness (QED) is 0.402. The van der Waals surface area contributed by atoms with Crippen LogP contribution in [0.5, 0.6) is 0 Å². The number of fused-ring (bicyclic) bond motifs is 1. The summed E-state index contributed by atoms with van der Waals surface area (Å²) in [7, 11) is 0. The van der Waals surface area contributed by atoms with Crippen molar-refractivity contribution in [2.45, 2.75) is 6.92 Å². The van der Waals surface area contributed by atoms with Crippen LogP contribution in [0.3, 0.4) is 0 Å². The molecule has 94 valence electrons. The molecular weight excluding hydrogens is 257 g/mol. The summed E-state index contributed by atoms with van der Waals surface area (Å²) >= 11 is 1.34. The minimum absolute atomic E-state index is 0.175. The summed E-state index contributed by atoms with van der Waals surface area (Å²) in [6, 6.07) is 4.24. The third-order valence-electron chi connectivity index (χ3n) is 2.36. The monoisotopic (exact) mass is 267 g/mol. The second-order valence-corrected chi connectivity index (χ2v) is 4.37. The topological polar surface area (TPSA) is 58.9 Å². The molecule has 0 radical (unpaired) electrons. The Hall–Kier alpha value is -1.95. The molecule has 0 saturated heterocycles.